The van der Waals surface area contributed by atoms with E-state index in [4.69, 9.17) is 11.6 Å². The molecule has 1 heterocycles. The maximum absolute atomic E-state index is 12.4. The molecular formula is C13H15ClN2O2. The third kappa shape index (κ3) is 2.20. The number of amides is 2. The van der Waals surface area contributed by atoms with E-state index in [1.807, 2.05) is 6.92 Å². The normalized spacial score (nSPS) is 24.1. The fourth-order valence-electron chi connectivity index (χ4n) is 2.01. The lowest BCUT2D eigenvalue weighted by atomic mass is 9.94. The molecule has 18 heavy (non-hydrogen) atoms. The molecule has 0 bridgehead atoms. The van der Waals surface area contributed by atoms with Crippen LogP contribution in [0, 0.1) is 0 Å². The van der Waals surface area contributed by atoms with Crippen LogP contribution in [0.25, 0.3) is 0 Å². The van der Waals surface area contributed by atoms with Gasteiger partial charge in [-0.3, -0.25) is 9.59 Å². The largest absolute Gasteiger partial charge is 0.340 e. The summed E-state index contributed by atoms with van der Waals surface area (Å²) in [6, 6.07) is 6.96. The highest BCUT2D eigenvalue weighted by molar-refractivity contribution is 6.31. The predicted octanol–water partition coefficient (Wildman–Crippen LogP) is 1.97. The molecule has 1 saturated heterocycles. The van der Waals surface area contributed by atoms with Gasteiger partial charge in [-0.25, -0.2) is 0 Å². The molecule has 2 rings (SSSR count). The minimum absolute atomic E-state index is 0.0365. The van der Waals surface area contributed by atoms with Crippen LogP contribution in [0.3, 0.4) is 0 Å². The Hall–Kier alpha value is -1.55. The summed E-state index contributed by atoms with van der Waals surface area (Å²) in [6.07, 6.45) is 0.550. The molecule has 0 saturated carbocycles. The first kappa shape index (κ1) is 12.9. The minimum Gasteiger partial charge on any atom is -0.340 e. The van der Waals surface area contributed by atoms with E-state index in [1.165, 1.54) is 4.90 Å². The van der Waals surface area contributed by atoms with Crippen molar-refractivity contribution in [3.05, 3.63) is 29.3 Å². The van der Waals surface area contributed by atoms with Crippen LogP contribution in [-0.2, 0) is 9.59 Å². The zero-order valence-corrected chi connectivity index (χ0v) is 11.1. The van der Waals surface area contributed by atoms with Crippen molar-refractivity contribution in [2.24, 2.45) is 0 Å². The van der Waals surface area contributed by atoms with Crippen LogP contribution < -0.4 is 10.2 Å². The van der Waals surface area contributed by atoms with Gasteiger partial charge in [0.1, 0.15) is 12.1 Å². The molecule has 1 aromatic carbocycles. The number of piperazine rings is 1. The lowest BCUT2D eigenvalue weighted by molar-refractivity contribution is -0.135. The fourth-order valence-corrected chi connectivity index (χ4v) is 2.19. The molecule has 1 aliphatic heterocycles. The Balaban J connectivity index is 2.38. The van der Waals surface area contributed by atoms with Crippen molar-refractivity contribution in [2.45, 2.75) is 25.8 Å². The molecular weight excluding hydrogens is 252 g/mol. The highest BCUT2D eigenvalue weighted by atomic mass is 35.5. The predicted molar refractivity (Wildman–Crippen MR) is 70.6 cm³/mol. The van der Waals surface area contributed by atoms with Gasteiger partial charge in [-0.1, -0.05) is 24.6 Å². The summed E-state index contributed by atoms with van der Waals surface area (Å²) in [5.74, 6) is -0.259. The molecule has 1 N–H and O–H groups in total. The van der Waals surface area contributed by atoms with Crippen LogP contribution in [0.1, 0.15) is 20.3 Å². The molecule has 5 heteroatoms. The van der Waals surface area contributed by atoms with Gasteiger partial charge in [-0.2, -0.15) is 0 Å². The quantitative estimate of drug-likeness (QED) is 0.890. The lowest BCUT2D eigenvalue weighted by Crippen LogP contribution is -2.65. The van der Waals surface area contributed by atoms with Crippen LogP contribution in [-0.4, -0.2) is 23.9 Å². The van der Waals surface area contributed by atoms with E-state index >= 15 is 0 Å². The summed E-state index contributed by atoms with van der Waals surface area (Å²) in [4.78, 5) is 25.6. The first-order valence-electron chi connectivity index (χ1n) is 5.85. The topological polar surface area (TPSA) is 49.4 Å². The van der Waals surface area contributed by atoms with Crippen molar-refractivity contribution in [3.63, 3.8) is 0 Å². The second kappa shape index (κ2) is 4.61. The number of carbonyl (C=O) groups excluding carboxylic acids is 2. The van der Waals surface area contributed by atoms with E-state index in [2.05, 4.69) is 5.32 Å². The SMILES string of the molecule is CCC1(C)NC(=O)CN(c2cccc(Cl)c2)C1=O. The van der Waals surface area contributed by atoms with Gasteiger partial charge in [-0.05, 0) is 31.5 Å². The summed E-state index contributed by atoms with van der Waals surface area (Å²) in [6.45, 7) is 3.65. The van der Waals surface area contributed by atoms with Crippen molar-refractivity contribution in [2.75, 3.05) is 11.4 Å². The fraction of sp³-hybridized carbons (Fsp3) is 0.385. The van der Waals surface area contributed by atoms with Gasteiger partial charge in [0.25, 0.3) is 5.91 Å². The monoisotopic (exact) mass is 266 g/mol. The molecule has 0 radical (unpaired) electrons. The lowest BCUT2D eigenvalue weighted by Gasteiger charge is -2.39. The summed E-state index contributed by atoms with van der Waals surface area (Å²) < 4.78 is 0. The highest BCUT2D eigenvalue weighted by Gasteiger charge is 2.42. The summed E-state index contributed by atoms with van der Waals surface area (Å²) in [5.41, 5.74) is -0.181. The second-order valence-corrected chi connectivity index (χ2v) is 5.04. The highest BCUT2D eigenvalue weighted by Crippen LogP contribution is 2.25. The second-order valence-electron chi connectivity index (χ2n) is 4.61. The van der Waals surface area contributed by atoms with Crippen molar-refractivity contribution >= 4 is 29.1 Å². The number of nitrogens with one attached hydrogen (secondary N) is 1. The van der Waals surface area contributed by atoms with Crippen LogP contribution in [0.4, 0.5) is 5.69 Å². The van der Waals surface area contributed by atoms with Gasteiger partial charge in [0.15, 0.2) is 0 Å². The molecule has 1 fully saturated rings. The van der Waals surface area contributed by atoms with Crippen LogP contribution in [0.2, 0.25) is 5.02 Å². The molecule has 1 aromatic rings. The zero-order valence-electron chi connectivity index (χ0n) is 10.4. The average molecular weight is 267 g/mol. The van der Waals surface area contributed by atoms with Gasteiger partial charge in [0.05, 0.1) is 0 Å². The van der Waals surface area contributed by atoms with Crippen molar-refractivity contribution in [3.8, 4) is 0 Å². The van der Waals surface area contributed by atoms with Crippen LogP contribution in [0.5, 0.6) is 0 Å². The van der Waals surface area contributed by atoms with Gasteiger partial charge in [-0.15, -0.1) is 0 Å². The molecule has 4 nitrogen and oxygen atoms in total. The molecule has 0 aliphatic carbocycles. The Bertz CT molecular complexity index is 504. The number of hydrogen-bond acceptors (Lipinski definition) is 2. The van der Waals surface area contributed by atoms with E-state index < -0.39 is 5.54 Å². The summed E-state index contributed by atoms with van der Waals surface area (Å²) in [7, 11) is 0. The molecule has 96 valence electrons. The first-order chi connectivity index (χ1) is 8.46. The van der Waals surface area contributed by atoms with E-state index in [1.54, 1.807) is 31.2 Å². The van der Waals surface area contributed by atoms with E-state index in [-0.39, 0.29) is 18.4 Å². The summed E-state index contributed by atoms with van der Waals surface area (Å²) >= 11 is 5.91. The van der Waals surface area contributed by atoms with Crippen molar-refractivity contribution in [1.29, 1.82) is 0 Å². The molecule has 2 amide bonds. The molecule has 0 spiro atoms. The molecule has 1 unspecified atom stereocenters. The van der Waals surface area contributed by atoms with Crippen LogP contribution >= 0.6 is 11.6 Å². The number of rotatable bonds is 2. The maximum Gasteiger partial charge on any atom is 0.252 e. The first-order valence-corrected chi connectivity index (χ1v) is 6.22. The number of halogens is 1. The van der Waals surface area contributed by atoms with Gasteiger partial charge >= 0.3 is 0 Å². The Morgan fingerprint density at radius 1 is 1.44 bits per heavy atom. The molecule has 1 aliphatic rings. The Kier molecular flexibility index (Phi) is 3.30. The maximum atomic E-state index is 12.4. The number of hydrogen-bond donors (Lipinski definition) is 1. The van der Waals surface area contributed by atoms with Crippen molar-refractivity contribution in [1.82, 2.24) is 5.32 Å². The van der Waals surface area contributed by atoms with E-state index in [0.717, 1.165) is 0 Å². The van der Waals surface area contributed by atoms with Gasteiger partial charge in [0.2, 0.25) is 5.91 Å². The van der Waals surface area contributed by atoms with Gasteiger partial charge < -0.3 is 10.2 Å². The third-order valence-corrected chi connectivity index (χ3v) is 3.50. The standard InChI is InChI=1S/C13H15ClN2O2/c1-3-13(2)12(18)16(8-11(17)15-13)10-6-4-5-9(14)7-10/h4-7H,3,8H2,1-2H3,(H,15,17). The summed E-state index contributed by atoms with van der Waals surface area (Å²) in [5, 5.41) is 3.29. The average Bonchev–Trinajstić information content (AvgIpc) is 2.34. The third-order valence-electron chi connectivity index (χ3n) is 3.26. The zero-order chi connectivity index (χ0) is 13.3. The van der Waals surface area contributed by atoms with Crippen LogP contribution in [0.15, 0.2) is 24.3 Å². The Morgan fingerprint density at radius 2 is 2.17 bits per heavy atom. The smallest absolute Gasteiger partial charge is 0.252 e. The number of nitrogens with zero attached hydrogens (tertiary/aromatic N) is 1. The molecule has 0 aromatic heterocycles. The van der Waals surface area contributed by atoms with Crippen molar-refractivity contribution < 1.29 is 9.59 Å². The number of anilines is 1. The van der Waals surface area contributed by atoms with E-state index in [0.29, 0.717) is 17.1 Å². The molecule has 1 atom stereocenters. The Morgan fingerprint density at radius 3 is 2.78 bits per heavy atom. The van der Waals surface area contributed by atoms with Gasteiger partial charge in [0, 0.05) is 10.7 Å². The Labute approximate surface area is 111 Å². The van der Waals surface area contributed by atoms with E-state index in [9.17, 15) is 9.59 Å². The minimum atomic E-state index is -0.836. The number of carbonyl (C=O) groups is 2. The number of benzene rings is 1.